The lowest BCUT2D eigenvalue weighted by Crippen LogP contribution is -2.08. The highest BCUT2D eigenvalue weighted by atomic mass is 19.1. The molecule has 1 aromatic rings. The highest BCUT2D eigenvalue weighted by Gasteiger charge is 2.07. The molecule has 0 aliphatic carbocycles. The molecule has 0 radical (unpaired) electrons. The number of allylic oxidation sites excluding steroid dienone is 5. The maximum absolute atomic E-state index is 13.6. The van der Waals surface area contributed by atoms with E-state index in [1.54, 1.807) is 44.5 Å². The number of halogens is 1. The molecule has 1 amide bonds. The van der Waals surface area contributed by atoms with E-state index in [-0.39, 0.29) is 11.7 Å². The van der Waals surface area contributed by atoms with E-state index in [0.717, 1.165) is 17.8 Å². The van der Waals surface area contributed by atoms with Gasteiger partial charge in [0.1, 0.15) is 11.6 Å². The monoisotopic (exact) mass is 370 g/mol. The molecule has 0 saturated carbocycles. The van der Waals surface area contributed by atoms with Crippen LogP contribution in [0.3, 0.4) is 0 Å². The van der Waals surface area contributed by atoms with Gasteiger partial charge in [0, 0.05) is 30.0 Å². The molecule has 0 aliphatic heterocycles. The number of carbonyl (C=O) groups is 1. The van der Waals surface area contributed by atoms with Crippen molar-refractivity contribution in [3.05, 3.63) is 77.0 Å². The van der Waals surface area contributed by atoms with Crippen molar-refractivity contribution in [3.63, 3.8) is 0 Å². The lowest BCUT2D eigenvalue weighted by molar-refractivity contribution is -0.111. The summed E-state index contributed by atoms with van der Waals surface area (Å²) in [7, 11) is 1.62. The number of aliphatic imine (C=N–C) groups is 1. The molecule has 0 atom stereocenters. The number of rotatable bonds is 8. The molecule has 0 unspecified atom stereocenters. The summed E-state index contributed by atoms with van der Waals surface area (Å²) < 4.78 is 19.0. The molecule has 144 valence electrons. The van der Waals surface area contributed by atoms with Gasteiger partial charge in [0.15, 0.2) is 0 Å². The number of methoxy groups -OCH3 is 1. The van der Waals surface area contributed by atoms with Crippen LogP contribution in [0.15, 0.2) is 70.6 Å². The minimum absolute atomic E-state index is 0.353. The van der Waals surface area contributed by atoms with Gasteiger partial charge in [-0.1, -0.05) is 31.2 Å². The zero-order chi connectivity index (χ0) is 20.2. The number of aryl methyl sites for hydroxylation is 1. The summed E-state index contributed by atoms with van der Waals surface area (Å²) in [6, 6.07) is 4.57. The third kappa shape index (κ3) is 7.05. The Morgan fingerprint density at radius 2 is 2.04 bits per heavy atom. The molecule has 1 aromatic carbocycles. The molecule has 5 heteroatoms. The predicted molar refractivity (Wildman–Crippen MR) is 110 cm³/mol. The Bertz CT molecular complexity index is 797. The highest BCUT2D eigenvalue weighted by Crippen LogP contribution is 2.21. The first-order valence-corrected chi connectivity index (χ1v) is 8.81. The van der Waals surface area contributed by atoms with Crippen LogP contribution >= 0.6 is 0 Å². The van der Waals surface area contributed by atoms with E-state index < -0.39 is 0 Å². The van der Waals surface area contributed by atoms with E-state index in [9.17, 15) is 9.18 Å². The largest absolute Gasteiger partial charge is 0.500 e. The Morgan fingerprint density at radius 1 is 1.30 bits per heavy atom. The molecule has 0 saturated heterocycles. The van der Waals surface area contributed by atoms with Crippen LogP contribution in [0.5, 0.6) is 0 Å². The Balaban J connectivity index is 3.03. The van der Waals surface area contributed by atoms with Gasteiger partial charge in [-0.05, 0) is 44.5 Å². The van der Waals surface area contributed by atoms with Gasteiger partial charge in [0.25, 0.3) is 0 Å². The molecule has 4 nitrogen and oxygen atoms in total. The molecular weight excluding hydrogens is 343 g/mol. The number of carbonyl (C=O) groups excluding carboxylic acids is 1. The topological polar surface area (TPSA) is 50.7 Å². The third-order valence-corrected chi connectivity index (χ3v) is 3.69. The number of hydrogen-bond acceptors (Lipinski definition) is 3. The predicted octanol–water partition coefficient (Wildman–Crippen LogP) is 5.49. The lowest BCUT2D eigenvalue weighted by Gasteiger charge is -2.10. The molecule has 0 spiro atoms. The summed E-state index contributed by atoms with van der Waals surface area (Å²) in [4.78, 5) is 16.4. The van der Waals surface area contributed by atoms with E-state index in [4.69, 9.17) is 4.74 Å². The van der Waals surface area contributed by atoms with Gasteiger partial charge >= 0.3 is 0 Å². The molecule has 0 bridgehead atoms. The standard InChI is InChI=1S/C22H27FN2O2/c1-6-10-18(21(7-2)27-5)20(24-8-3)11-9-12-22(26)25-17-14-13-16(4)19(23)15-17/h6,8-15H,7H2,1-5H3,(H,25,26)/b10-6-,12-9+,20-11-,21-18-,24-8?. The van der Waals surface area contributed by atoms with Crippen molar-refractivity contribution in [2.45, 2.75) is 34.1 Å². The SMILES string of the molecule is CC=NC(=C\C=C\C(=O)Nc1ccc(C)c(F)c1)/C(/C=C\C)=C(/CC)OC. The average Bonchev–Trinajstić information content (AvgIpc) is 2.64. The number of amides is 1. The highest BCUT2D eigenvalue weighted by molar-refractivity contribution is 5.99. The van der Waals surface area contributed by atoms with Crippen LogP contribution < -0.4 is 5.32 Å². The van der Waals surface area contributed by atoms with Gasteiger partial charge < -0.3 is 10.1 Å². The van der Waals surface area contributed by atoms with Crippen molar-refractivity contribution in [1.29, 1.82) is 0 Å². The van der Waals surface area contributed by atoms with Crippen LogP contribution in [-0.2, 0) is 9.53 Å². The molecule has 0 aliphatic rings. The van der Waals surface area contributed by atoms with Crippen LogP contribution in [0, 0.1) is 12.7 Å². The number of benzene rings is 1. The van der Waals surface area contributed by atoms with E-state index in [1.807, 2.05) is 32.9 Å². The lowest BCUT2D eigenvalue weighted by atomic mass is 10.1. The van der Waals surface area contributed by atoms with E-state index in [1.165, 1.54) is 12.1 Å². The summed E-state index contributed by atoms with van der Waals surface area (Å²) in [5.74, 6) is 0.0929. The van der Waals surface area contributed by atoms with Crippen LogP contribution in [0.25, 0.3) is 0 Å². The van der Waals surface area contributed by atoms with Gasteiger partial charge in [-0.15, -0.1) is 0 Å². The summed E-state index contributed by atoms with van der Waals surface area (Å²) >= 11 is 0. The molecule has 0 fully saturated rings. The average molecular weight is 370 g/mol. The fourth-order valence-electron chi connectivity index (χ4n) is 2.36. The number of nitrogens with zero attached hydrogens (tertiary/aromatic N) is 1. The number of hydrogen-bond donors (Lipinski definition) is 1. The first-order valence-electron chi connectivity index (χ1n) is 8.81. The molecular formula is C22H27FN2O2. The van der Waals surface area contributed by atoms with Crippen molar-refractivity contribution in [2.24, 2.45) is 4.99 Å². The fraction of sp³-hybridized carbons (Fsp3) is 0.273. The van der Waals surface area contributed by atoms with Crippen LogP contribution in [0.4, 0.5) is 10.1 Å². The number of ether oxygens (including phenoxy) is 1. The number of nitrogens with one attached hydrogen (secondary N) is 1. The number of anilines is 1. The zero-order valence-corrected chi connectivity index (χ0v) is 16.5. The quantitative estimate of drug-likeness (QED) is 0.285. The molecule has 27 heavy (non-hydrogen) atoms. The first-order chi connectivity index (χ1) is 13.0. The maximum Gasteiger partial charge on any atom is 0.248 e. The van der Waals surface area contributed by atoms with Gasteiger partial charge in [-0.3, -0.25) is 9.79 Å². The van der Waals surface area contributed by atoms with E-state index >= 15 is 0 Å². The smallest absolute Gasteiger partial charge is 0.248 e. The van der Waals surface area contributed by atoms with Crippen LogP contribution in [0.1, 0.15) is 32.8 Å². The molecule has 1 rings (SSSR count). The van der Waals surface area contributed by atoms with Crippen molar-refractivity contribution < 1.29 is 13.9 Å². The van der Waals surface area contributed by atoms with Crippen LogP contribution in [-0.4, -0.2) is 19.2 Å². The van der Waals surface area contributed by atoms with E-state index in [2.05, 4.69) is 10.3 Å². The van der Waals surface area contributed by atoms with E-state index in [0.29, 0.717) is 16.9 Å². The normalized spacial score (nSPS) is 13.5. The summed E-state index contributed by atoms with van der Waals surface area (Å²) in [5.41, 5.74) is 2.47. The summed E-state index contributed by atoms with van der Waals surface area (Å²) in [6.07, 6.45) is 10.9. The Morgan fingerprint density at radius 3 is 2.59 bits per heavy atom. The molecule has 0 heterocycles. The second-order valence-corrected chi connectivity index (χ2v) is 5.65. The minimum Gasteiger partial charge on any atom is -0.500 e. The molecule has 1 N–H and O–H groups in total. The first kappa shape index (κ1) is 22.1. The van der Waals surface area contributed by atoms with Crippen molar-refractivity contribution >= 4 is 17.8 Å². The van der Waals surface area contributed by atoms with Crippen molar-refractivity contribution in [2.75, 3.05) is 12.4 Å². The zero-order valence-electron chi connectivity index (χ0n) is 16.5. The van der Waals surface area contributed by atoms with Gasteiger partial charge in [0.2, 0.25) is 5.91 Å². The van der Waals surface area contributed by atoms with Crippen molar-refractivity contribution in [1.82, 2.24) is 0 Å². The third-order valence-electron chi connectivity index (χ3n) is 3.69. The van der Waals surface area contributed by atoms with Crippen molar-refractivity contribution in [3.8, 4) is 0 Å². The van der Waals surface area contributed by atoms with Gasteiger partial charge in [0.05, 0.1) is 12.8 Å². The van der Waals surface area contributed by atoms with Gasteiger partial charge in [-0.2, -0.15) is 0 Å². The Hall–Kier alpha value is -2.95. The second kappa shape index (κ2) is 11.6. The Kier molecular flexibility index (Phi) is 9.51. The van der Waals surface area contributed by atoms with Gasteiger partial charge in [-0.25, -0.2) is 4.39 Å². The van der Waals surface area contributed by atoms with Crippen LogP contribution in [0.2, 0.25) is 0 Å². The summed E-state index contributed by atoms with van der Waals surface area (Å²) in [5, 5.41) is 2.63. The molecule has 0 aromatic heterocycles. The fourth-order valence-corrected chi connectivity index (χ4v) is 2.36. The maximum atomic E-state index is 13.6. The summed E-state index contributed by atoms with van der Waals surface area (Å²) in [6.45, 7) is 7.41. The minimum atomic E-state index is -0.357. The Labute approximate surface area is 160 Å². The second-order valence-electron chi connectivity index (χ2n) is 5.65.